The first-order valence-corrected chi connectivity index (χ1v) is 3.83. The van der Waals surface area contributed by atoms with Gasteiger partial charge in [0.25, 0.3) is 0 Å². The van der Waals surface area contributed by atoms with E-state index in [0.717, 1.165) is 19.3 Å². The van der Waals surface area contributed by atoms with Crippen LogP contribution < -0.4 is 0 Å². The Morgan fingerprint density at radius 1 is 1.67 bits per heavy atom. The average molecular weight is 145 g/mol. The number of rotatable bonds is 0. The van der Waals surface area contributed by atoms with Crippen LogP contribution in [0.1, 0.15) is 25.7 Å². The van der Waals surface area contributed by atoms with Crippen molar-refractivity contribution in [3.05, 3.63) is 0 Å². The van der Waals surface area contributed by atoms with Crippen molar-refractivity contribution < 1.29 is 4.79 Å². The van der Waals surface area contributed by atoms with Gasteiger partial charge in [0.1, 0.15) is 4.87 Å². The predicted molar refractivity (Wildman–Crippen MR) is 35.5 cm³/mol. The minimum absolute atomic E-state index is 0.284. The Morgan fingerprint density at radius 3 is 2.89 bits per heavy atom. The van der Waals surface area contributed by atoms with Crippen molar-refractivity contribution in [1.29, 1.82) is 0 Å². The van der Waals surface area contributed by atoms with Gasteiger partial charge in [0.2, 0.25) is 0 Å². The van der Waals surface area contributed by atoms with Crippen LogP contribution in [0.2, 0.25) is 0 Å². The lowest BCUT2D eigenvalue weighted by Gasteiger charge is -2.37. The van der Waals surface area contributed by atoms with E-state index in [4.69, 9.17) is 11.6 Å². The number of carbonyl (C=O) groups excluding carboxylic acids is 1. The lowest BCUT2D eigenvalue weighted by molar-refractivity contribution is -0.130. The molecule has 0 amide bonds. The molecule has 0 aliphatic heterocycles. The van der Waals surface area contributed by atoms with Crippen LogP contribution in [0.5, 0.6) is 0 Å². The number of hydrogen-bond donors (Lipinski definition) is 0. The fraction of sp³-hybridized carbons (Fsp3) is 0.857. The fourth-order valence-corrected chi connectivity index (χ4v) is 2.33. The molecule has 2 heteroatoms. The summed E-state index contributed by atoms with van der Waals surface area (Å²) < 4.78 is 0. The molecule has 0 radical (unpaired) electrons. The summed E-state index contributed by atoms with van der Waals surface area (Å²) in [6, 6.07) is 0. The number of Topliss-reactive ketones (excluding diaryl/α,β-unsaturated/α-hetero) is 1. The van der Waals surface area contributed by atoms with Crippen molar-refractivity contribution in [2.24, 2.45) is 5.92 Å². The zero-order valence-corrected chi connectivity index (χ0v) is 5.95. The molecule has 0 N–H and O–H groups in total. The molecule has 0 unspecified atom stereocenters. The lowest BCUT2D eigenvalue weighted by atomic mass is 9.74. The summed E-state index contributed by atoms with van der Waals surface area (Å²) in [6.45, 7) is 0. The van der Waals surface area contributed by atoms with Gasteiger partial charge in [-0.25, -0.2) is 0 Å². The summed E-state index contributed by atoms with van der Waals surface area (Å²) in [4.78, 5) is 10.5. The zero-order valence-electron chi connectivity index (χ0n) is 5.19. The number of ketones is 1. The van der Waals surface area contributed by atoms with E-state index in [1.54, 1.807) is 0 Å². The van der Waals surface area contributed by atoms with Crippen LogP contribution in [-0.4, -0.2) is 10.7 Å². The molecule has 0 heterocycles. The summed E-state index contributed by atoms with van der Waals surface area (Å²) in [5.74, 6) is 0.818. The van der Waals surface area contributed by atoms with Gasteiger partial charge >= 0.3 is 0 Å². The minimum Gasteiger partial charge on any atom is -0.298 e. The van der Waals surface area contributed by atoms with E-state index in [1.807, 2.05) is 0 Å². The summed E-state index contributed by atoms with van der Waals surface area (Å²) in [5, 5.41) is 0. The van der Waals surface area contributed by atoms with E-state index in [-0.39, 0.29) is 10.7 Å². The third-order valence-electron chi connectivity index (χ3n) is 2.64. The van der Waals surface area contributed by atoms with Crippen LogP contribution in [0.3, 0.4) is 0 Å². The molecule has 0 aromatic rings. The molecule has 50 valence electrons. The topological polar surface area (TPSA) is 17.1 Å². The molecule has 0 aromatic carbocycles. The van der Waals surface area contributed by atoms with Gasteiger partial charge in [-0.3, -0.25) is 4.79 Å². The number of carbonyl (C=O) groups is 1. The van der Waals surface area contributed by atoms with E-state index in [2.05, 4.69) is 0 Å². The van der Waals surface area contributed by atoms with Crippen molar-refractivity contribution in [1.82, 2.24) is 0 Å². The molecule has 2 rings (SSSR count). The maximum atomic E-state index is 10.9. The van der Waals surface area contributed by atoms with Gasteiger partial charge in [-0.2, -0.15) is 0 Å². The summed E-state index contributed by atoms with van der Waals surface area (Å²) >= 11 is 6.01. The van der Waals surface area contributed by atoms with Gasteiger partial charge in [-0.15, -0.1) is 11.6 Å². The first-order chi connectivity index (χ1) is 4.23. The summed E-state index contributed by atoms with van der Waals surface area (Å²) in [5.41, 5.74) is 0. The quantitative estimate of drug-likeness (QED) is 0.474. The monoisotopic (exact) mass is 144 g/mol. The third-order valence-corrected chi connectivity index (χ3v) is 3.34. The third kappa shape index (κ3) is 0.536. The Hall–Kier alpha value is -0.0400. The highest BCUT2D eigenvalue weighted by Crippen LogP contribution is 2.52. The van der Waals surface area contributed by atoms with E-state index < -0.39 is 0 Å². The second kappa shape index (κ2) is 1.51. The molecule has 0 saturated heterocycles. The Labute approximate surface area is 59.4 Å². The summed E-state index contributed by atoms with van der Waals surface area (Å²) in [7, 11) is 0. The molecule has 0 bridgehead atoms. The van der Waals surface area contributed by atoms with Crippen LogP contribution in [0, 0.1) is 5.92 Å². The molecule has 1 nitrogen and oxygen atoms in total. The molecular formula is C7H9ClO. The van der Waals surface area contributed by atoms with Crippen LogP contribution in [-0.2, 0) is 4.79 Å². The molecule has 2 aliphatic rings. The predicted octanol–water partition coefficient (Wildman–Crippen LogP) is 1.74. The molecular weight excluding hydrogens is 136 g/mol. The highest BCUT2D eigenvalue weighted by Gasteiger charge is 2.55. The maximum Gasteiger partial charge on any atom is 0.154 e. The highest BCUT2D eigenvalue weighted by molar-refractivity contribution is 6.38. The Morgan fingerprint density at radius 2 is 2.44 bits per heavy atom. The van der Waals surface area contributed by atoms with Crippen LogP contribution in [0.25, 0.3) is 0 Å². The zero-order chi connectivity index (χ0) is 6.48. The van der Waals surface area contributed by atoms with E-state index in [0.29, 0.717) is 5.92 Å². The van der Waals surface area contributed by atoms with E-state index >= 15 is 0 Å². The van der Waals surface area contributed by atoms with Crippen molar-refractivity contribution in [2.45, 2.75) is 30.6 Å². The van der Waals surface area contributed by atoms with Gasteiger partial charge in [0.05, 0.1) is 0 Å². The van der Waals surface area contributed by atoms with E-state index in [1.165, 1.54) is 6.42 Å². The average Bonchev–Trinajstić information content (AvgIpc) is 2.11. The molecule has 9 heavy (non-hydrogen) atoms. The van der Waals surface area contributed by atoms with Crippen LogP contribution >= 0.6 is 11.6 Å². The number of alkyl halides is 1. The minimum atomic E-state index is -0.375. The molecule has 2 fully saturated rings. The van der Waals surface area contributed by atoms with Gasteiger partial charge in [-0.05, 0) is 18.8 Å². The fourth-order valence-electron chi connectivity index (χ4n) is 1.93. The van der Waals surface area contributed by atoms with Crippen LogP contribution in [0.4, 0.5) is 0 Å². The second-order valence-corrected chi connectivity index (χ2v) is 3.75. The largest absolute Gasteiger partial charge is 0.298 e. The maximum absolute atomic E-state index is 10.9. The normalized spacial score (nSPS) is 48.6. The summed E-state index contributed by atoms with van der Waals surface area (Å²) in [6.07, 6.45) is 4.01. The highest BCUT2D eigenvalue weighted by atomic mass is 35.5. The standard InChI is InChI=1S/C7H9ClO/c8-7-3-1-2-5(7)4-6(7)9/h5H,1-4H2/t5-,7+/m0/s1. The molecule has 0 spiro atoms. The van der Waals surface area contributed by atoms with Crippen molar-refractivity contribution in [3.63, 3.8) is 0 Å². The smallest absolute Gasteiger partial charge is 0.154 e. The van der Waals surface area contributed by atoms with Crippen LogP contribution in [0.15, 0.2) is 0 Å². The Kier molecular flexibility index (Phi) is 0.963. The van der Waals surface area contributed by atoms with Crippen molar-refractivity contribution in [2.75, 3.05) is 0 Å². The van der Waals surface area contributed by atoms with Gasteiger partial charge in [0.15, 0.2) is 5.78 Å². The Balaban J connectivity index is 2.25. The van der Waals surface area contributed by atoms with Crippen molar-refractivity contribution >= 4 is 17.4 Å². The second-order valence-electron chi connectivity index (χ2n) is 3.08. The lowest BCUT2D eigenvalue weighted by Crippen LogP contribution is -2.48. The van der Waals surface area contributed by atoms with Gasteiger partial charge in [-0.1, -0.05) is 6.42 Å². The molecule has 2 saturated carbocycles. The Bertz CT molecular complexity index is 166. The number of halogens is 1. The van der Waals surface area contributed by atoms with Crippen molar-refractivity contribution in [3.8, 4) is 0 Å². The van der Waals surface area contributed by atoms with E-state index in [9.17, 15) is 4.79 Å². The number of fused-ring (bicyclic) bond motifs is 1. The van der Waals surface area contributed by atoms with Gasteiger partial charge in [0, 0.05) is 6.42 Å². The molecule has 2 aliphatic carbocycles. The molecule has 0 aromatic heterocycles. The van der Waals surface area contributed by atoms with Gasteiger partial charge < -0.3 is 0 Å². The SMILES string of the molecule is O=C1C[C@@H]2CCC[C@]12Cl. The first-order valence-electron chi connectivity index (χ1n) is 3.46. The molecule has 2 atom stereocenters. The first kappa shape index (κ1) is 5.72. The number of hydrogen-bond acceptors (Lipinski definition) is 1.